The number of amides is 2. The molecule has 32 heavy (non-hydrogen) atoms. The zero-order chi connectivity index (χ0) is 23.7. The van der Waals surface area contributed by atoms with E-state index in [1.165, 1.54) is 48.5 Å². The molecule has 0 radical (unpaired) electrons. The Morgan fingerprint density at radius 2 is 1.03 bits per heavy atom. The van der Waals surface area contributed by atoms with E-state index in [9.17, 15) is 29.8 Å². The molecule has 2 aromatic rings. The van der Waals surface area contributed by atoms with Gasteiger partial charge >= 0.3 is 0 Å². The third kappa shape index (κ3) is 7.09. The lowest BCUT2D eigenvalue weighted by Gasteiger charge is -2.04. The molecule has 0 heterocycles. The number of rotatable bonds is 9. The molecule has 12 heteroatoms. The molecule has 0 saturated heterocycles. The third-order valence-corrected chi connectivity index (χ3v) is 4.27. The fraction of sp³-hybridized carbons (Fsp3) is 0.200. The van der Waals surface area contributed by atoms with Gasteiger partial charge in [0.2, 0.25) is 11.8 Å². The predicted octanol–water partition coefficient (Wildman–Crippen LogP) is 2.66. The fourth-order valence-electron chi connectivity index (χ4n) is 2.41. The molecule has 0 spiro atoms. The van der Waals surface area contributed by atoms with Crippen molar-refractivity contribution < 1.29 is 19.4 Å². The molecule has 0 fully saturated rings. The third-order valence-electron chi connectivity index (χ3n) is 4.27. The van der Waals surface area contributed by atoms with Gasteiger partial charge in [-0.05, 0) is 49.2 Å². The minimum atomic E-state index is -0.513. The number of benzene rings is 2. The number of non-ortho nitro benzene ring substituents is 2. The second-order valence-electron chi connectivity index (χ2n) is 6.57. The van der Waals surface area contributed by atoms with E-state index >= 15 is 0 Å². The number of hydrogen-bond donors (Lipinski definition) is 2. The van der Waals surface area contributed by atoms with Gasteiger partial charge in [-0.25, -0.2) is 10.9 Å². The number of nitro benzene ring substituents is 2. The Hall–Kier alpha value is -4.48. The highest BCUT2D eigenvalue weighted by Crippen LogP contribution is 2.13. The van der Waals surface area contributed by atoms with Crippen LogP contribution in [0, 0.1) is 20.2 Å². The van der Waals surface area contributed by atoms with Crippen molar-refractivity contribution in [2.24, 2.45) is 10.2 Å². The minimum absolute atomic E-state index is 0.0527. The van der Waals surface area contributed by atoms with Crippen molar-refractivity contribution in [1.29, 1.82) is 0 Å². The van der Waals surface area contributed by atoms with Crippen LogP contribution in [-0.2, 0) is 9.59 Å². The average molecular weight is 440 g/mol. The number of hydrazone groups is 2. The molecular weight excluding hydrogens is 420 g/mol. The van der Waals surface area contributed by atoms with Gasteiger partial charge in [0.25, 0.3) is 11.4 Å². The molecule has 0 saturated carbocycles. The molecule has 2 N–H and O–H groups in total. The van der Waals surface area contributed by atoms with Crippen molar-refractivity contribution in [3.8, 4) is 0 Å². The maximum atomic E-state index is 11.9. The number of nitro groups is 2. The molecule has 0 aromatic heterocycles. The smallest absolute Gasteiger partial charge is 0.269 e. The summed E-state index contributed by atoms with van der Waals surface area (Å²) in [6.07, 6.45) is -0.260. The SMILES string of the molecule is CC(=NNC(=O)CCC(=O)NN=C(C)c1ccc([N+](=O)[O-])cc1)c1ccc([N+](=O)[O-])cc1. The van der Waals surface area contributed by atoms with Gasteiger partial charge in [0.1, 0.15) is 0 Å². The summed E-state index contributed by atoms with van der Waals surface area (Å²) < 4.78 is 0. The summed E-state index contributed by atoms with van der Waals surface area (Å²) in [6, 6.07) is 11.4. The lowest BCUT2D eigenvalue weighted by Crippen LogP contribution is -2.24. The van der Waals surface area contributed by atoms with Crippen molar-refractivity contribution in [3.05, 3.63) is 79.9 Å². The maximum Gasteiger partial charge on any atom is 0.269 e. The molecule has 0 aliphatic carbocycles. The van der Waals surface area contributed by atoms with Crippen LogP contribution in [0.2, 0.25) is 0 Å². The first-order chi connectivity index (χ1) is 15.2. The van der Waals surface area contributed by atoms with Crippen LogP contribution in [0.3, 0.4) is 0 Å². The summed E-state index contributed by atoms with van der Waals surface area (Å²) in [6.45, 7) is 3.26. The van der Waals surface area contributed by atoms with E-state index in [-0.39, 0.29) is 24.2 Å². The van der Waals surface area contributed by atoms with Crippen molar-refractivity contribution in [2.75, 3.05) is 0 Å². The Balaban J connectivity index is 1.81. The van der Waals surface area contributed by atoms with Gasteiger partial charge in [-0.1, -0.05) is 0 Å². The lowest BCUT2D eigenvalue weighted by atomic mass is 10.1. The van der Waals surface area contributed by atoms with Gasteiger partial charge in [-0.3, -0.25) is 29.8 Å². The maximum absolute atomic E-state index is 11.9. The van der Waals surface area contributed by atoms with Gasteiger partial charge < -0.3 is 0 Å². The number of carbonyl (C=O) groups is 2. The van der Waals surface area contributed by atoms with Crippen LogP contribution >= 0.6 is 0 Å². The van der Waals surface area contributed by atoms with Crippen LogP contribution in [0.5, 0.6) is 0 Å². The fourth-order valence-corrected chi connectivity index (χ4v) is 2.41. The highest BCUT2D eigenvalue weighted by Gasteiger charge is 2.09. The molecule has 0 aliphatic rings. The van der Waals surface area contributed by atoms with Crippen molar-refractivity contribution in [2.45, 2.75) is 26.7 Å². The summed E-state index contributed by atoms with van der Waals surface area (Å²) in [5, 5.41) is 29.2. The lowest BCUT2D eigenvalue weighted by molar-refractivity contribution is -0.385. The first kappa shape index (κ1) is 23.8. The number of nitrogens with zero attached hydrogens (tertiary/aromatic N) is 4. The molecule has 0 atom stereocenters. The second kappa shape index (κ2) is 11.1. The van der Waals surface area contributed by atoms with Crippen LogP contribution in [0.1, 0.15) is 37.8 Å². The van der Waals surface area contributed by atoms with Crippen molar-refractivity contribution >= 4 is 34.6 Å². The molecular formula is C20H20N6O6. The monoisotopic (exact) mass is 440 g/mol. The minimum Gasteiger partial charge on any atom is -0.273 e. The largest absolute Gasteiger partial charge is 0.273 e. The van der Waals surface area contributed by atoms with E-state index in [1.807, 2.05) is 0 Å². The molecule has 0 aliphatic heterocycles. The normalized spacial score (nSPS) is 11.6. The molecule has 0 bridgehead atoms. The van der Waals surface area contributed by atoms with E-state index in [4.69, 9.17) is 0 Å². The Morgan fingerprint density at radius 1 is 0.719 bits per heavy atom. The first-order valence-electron chi connectivity index (χ1n) is 9.33. The van der Waals surface area contributed by atoms with Crippen LogP contribution < -0.4 is 10.9 Å². The van der Waals surface area contributed by atoms with E-state index in [2.05, 4.69) is 21.1 Å². The van der Waals surface area contributed by atoms with Crippen LogP contribution in [-0.4, -0.2) is 33.1 Å². The predicted molar refractivity (Wildman–Crippen MR) is 116 cm³/mol. The average Bonchev–Trinajstić information content (AvgIpc) is 2.79. The van der Waals surface area contributed by atoms with Gasteiger partial charge in [-0.2, -0.15) is 10.2 Å². The Morgan fingerprint density at radius 3 is 1.31 bits per heavy atom. The standard InChI is InChI=1S/C20H20N6O6/c1-13(15-3-7-17(8-4-15)25(29)30)21-23-19(27)11-12-20(28)24-22-14(2)16-5-9-18(10-6-16)26(31)32/h3-10H,11-12H2,1-2H3,(H,23,27)(H,24,28). The molecule has 2 amide bonds. The molecule has 12 nitrogen and oxygen atoms in total. The Bertz CT molecular complexity index is 989. The van der Waals surface area contributed by atoms with Crippen molar-refractivity contribution in [3.63, 3.8) is 0 Å². The first-order valence-corrected chi connectivity index (χ1v) is 9.33. The summed E-state index contributed by atoms with van der Waals surface area (Å²) in [7, 11) is 0. The van der Waals surface area contributed by atoms with Gasteiger partial charge in [-0.15, -0.1) is 0 Å². The van der Waals surface area contributed by atoms with Gasteiger partial charge in [0.15, 0.2) is 0 Å². The number of carbonyl (C=O) groups excluding carboxylic acids is 2. The Labute approximate surface area is 182 Å². The van der Waals surface area contributed by atoms with Gasteiger partial charge in [0.05, 0.1) is 21.3 Å². The van der Waals surface area contributed by atoms with Gasteiger partial charge in [0, 0.05) is 37.1 Å². The highest BCUT2D eigenvalue weighted by atomic mass is 16.6. The highest BCUT2D eigenvalue weighted by molar-refractivity contribution is 6.00. The van der Waals surface area contributed by atoms with E-state index < -0.39 is 21.7 Å². The Kier molecular flexibility index (Phi) is 8.22. The van der Waals surface area contributed by atoms with Crippen LogP contribution in [0.4, 0.5) is 11.4 Å². The molecule has 2 aromatic carbocycles. The topological polar surface area (TPSA) is 169 Å². The second-order valence-corrected chi connectivity index (χ2v) is 6.57. The summed E-state index contributed by atoms with van der Waals surface area (Å²) >= 11 is 0. The van der Waals surface area contributed by atoms with Crippen LogP contribution in [0.25, 0.3) is 0 Å². The summed E-state index contributed by atoms with van der Waals surface area (Å²) in [5.41, 5.74) is 6.63. The van der Waals surface area contributed by atoms with Crippen LogP contribution in [0.15, 0.2) is 58.7 Å². The zero-order valence-electron chi connectivity index (χ0n) is 17.3. The van der Waals surface area contributed by atoms with E-state index in [0.29, 0.717) is 22.6 Å². The number of hydrogen-bond acceptors (Lipinski definition) is 8. The quantitative estimate of drug-likeness (QED) is 0.345. The van der Waals surface area contributed by atoms with E-state index in [1.54, 1.807) is 13.8 Å². The zero-order valence-corrected chi connectivity index (χ0v) is 17.3. The number of nitrogens with one attached hydrogen (secondary N) is 2. The summed E-state index contributed by atoms with van der Waals surface area (Å²) in [4.78, 5) is 44.1. The summed E-state index contributed by atoms with van der Waals surface area (Å²) in [5.74, 6) is -0.977. The molecule has 0 unspecified atom stereocenters. The van der Waals surface area contributed by atoms with E-state index in [0.717, 1.165) is 0 Å². The molecule has 166 valence electrons. The van der Waals surface area contributed by atoms with Crippen molar-refractivity contribution in [1.82, 2.24) is 10.9 Å². The molecule has 2 rings (SSSR count).